The van der Waals surface area contributed by atoms with Gasteiger partial charge < -0.3 is 9.73 Å². The molecule has 1 unspecified atom stereocenters. The molecule has 0 spiro atoms. The van der Waals surface area contributed by atoms with Crippen molar-refractivity contribution < 1.29 is 4.42 Å². The van der Waals surface area contributed by atoms with Crippen LogP contribution < -0.4 is 5.32 Å². The number of hydrogen-bond acceptors (Lipinski definition) is 3. The summed E-state index contributed by atoms with van der Waals surface area (Å²) in [6, 6.07) is 12.0. The summed E-state index contributed by atoms with van der Waals surface area (Å²) in [6.07, 6.45) is 1.71. The molecule has 1 atom stereocenters. The van der Waals surface area contributed by atoms with E-state index in [1.54, 1.807) is 18.0 Å². The zero-order valence-corrected chi connectivity index (χ0v) is 11.8. The van der Waals surface area contributed by atoms with Crippen molar-refractivity contribution in [3.63, 3.8) is 0 Å². The second-order valence-electron chi connectivity index (χ2n) is 3.87. The maximum absolute atomic E-state index is 6.14. The van der Waals surface area contributed by atoms with Crippen molar-refractivity contribution in [3.05, 3.63) is 53.4 Å². The van der Waals surface area contributed by atoms with Crippen molar-refractivity contribution in [2.45, 2.75) is 17.9 Å². The molecule has 0 saturated carbocycles. The Morgan fingerprint density at radius 3 is 2.78 bits per heavy atom. The van der Waals surface area contributed by atoms with Gasteiger partial charge in [-0.05, 0) is 30.8 Å². The van der Waals surface area contributed by atoms with E-state index in [9.17, 15) is 0 Å². The Kier molecular flexibility index (Phi) is 5.17. The molecule has 0 amide bonds. The summed E-state index contributed by atoms with van der Waals surface area (Å²) in [5.41, 5.74) is 0. The molecule has 1 aromatic heterocycles. The third-order valence-corrected chi connectivity index (χ3v) is 4.19. The van der Waals surface area contributed by atoms with Gasteiger partial charge in [0.2, 0.25) is 0 Å². The smallest absolute Gasteiger partial charge is 0.121 e. The molecule has 1 N–H and O–H groups in total. The molecule has 18 heavy (non-hydrogen) atoms. The summed E-state index contributed by atoms with van der Waals surface area (Å²) in [7, 11) is 0. The number of hydrogen-bond donors (Lipinski definition) is 1. The van der Waals surface area contributed by atoms with Gasteiger partial charge in [0.25, 0.3) is 0 Å². The second kappa shape index (κ2) is 6.88. The minimum Gasteiger partial charge on any atom is -0.468 e. The van der Waals surface area contributed by atoms with Gasteiger partial charge in [0, 0.05) is 10.6 Å². The van der Waals surface area contributed by atoms with Crippen LogP contribution in [0.4, 0.5) is 0 Å². The van der Waals surface area contributed by atoms with Crippen LogP contribution in [-0.2, 0) is 0 Å². The van der Waals surface area contributed by atoms with Gasteiger partial charge in [-0.1, -0.05) is 30.7 Å². The van der Waals surface area contributed by atoms with Crippen molar-refractivity contribution in [1.29, 1.82) is 0 Å². The van der Waals surface area contributed by atoms with E-state index in [1.165, 1.54) is 0 Å². The predicted molar refractivity (Wildman–Crippen MR) is 77.3 cm³/mol. The highest BCUT2D eigenvalue weighted by atomic mass is 35.5. The molecule has 96 valence electrons. The Morgan fingerprint density at radius 1 is 1.28 bits per heavy atom. The first-order valence-corrected chi connectivity index (χ1v) is 7.31. The molecule has 0 saturated heterocycles. The van der Waals surface area contributed by atoms with Crippen molar-refractivity contribution in [3.8, 4) is 0 Å². The fourth-order valence-corrected chi connectivity index (χ4v) is 3.02. The van der Waals surface area contributed by atoms with Crippen molar-refractivity contribution >= 4 is 23.4 Å². The fourth-order valence-electron chi connectivity index (χ4n) is 1.71. The molecule has 1 heterocycles. The third-order valence-electron chi connectivity index (χ3n) is 2.58. The Balaban J connectivity index is 2.00. The molecule has 2 rings (SSSR count). The highest BCUT2D eigenvalue weighted by Crippen LogP contribution is 2.30. The molecule has 0 radical (unpaired) electrons. The first-order valence-electron chi connectivity index (χ1n) is 5.95. The summed E-state index contributed by atoms with van der Waals surface area (Å²) in [6.45, 7) is 3.00. The number of rotatable bonds is 6. The Hall–Kier alpha value is -0.900. The van der Waals surface area contributed by atoms with E-state index in [4.69, 9.17) is 16.0 Å². The van der Waals surface area contributed by atoms with E-state index in [0.29, 0.717) is 0 Å². The van der Waals surface area contributed by atoms with Gasteiger partial charge in [0.05, 0.1) is 17.3 Å². The number of halogens is 1. The molecule has 0 aliphatic carbocycles. The molecule has 0 fully saturated rings. The van der Waals surface area contributed by atoms with Crippen LogP contribution in [0, 0.1) is 0 Å². The lowest BCUT2D eigenvalue weighted by Crippen LogP contribution is -2.22. The lowest BCUT2D eigenvalue weighted by atomic mass is 10.2. The largest absolute Gasteiger partial charge is 0.468 e. The maximum Gasteiger partial charge on any atom is 0.121 e. The van der Waals surface area contributed by atoms with E-state index in [-0.39, 0.29) is 6.04 Å². The minimum absolute atomic E-state index is 0.214. The average molecular weight is 282 g/mol. The molecule has 4 heteroatoms. The standard InChI is InChI=1S/C14H16ClNOS/c1-2-16-12(13-7-5-9-17-13)10-18-14-8-4-3-6-11(14)15/h3-9,12,16H,2,10H2,1H3. The van der Waals surface area contributed by atoms with E-state index in [2.05, 4.69) is 12.2 Å². The summed E-state index contributed by atoms with van der Waals surface area (Å²) in [4.78, 5) is 1.11. The van der Waals surface area contributed by atoms with Gasteiger partial charge >= 0.3 is 0 Å². The highest BCUT2D eigenvalue weighted by molar-refractivity contribution is 7.99. The lowest BCUT2D eigenvalue weighted by molar-refractivity contribution is 0.441. The highest BCUT2D eigenvalue weighted by Gasteiger charge is 2.14. The van der Waals surface area contributed by atoms with Crippen LogP contribution >= 0.6 is 23.4 Å². The monoisotopic (exact) mass is 281 g/mol. The van der Waals surface area contributed by atoms with Gasteiger partial charge in [-0.15, -0.1) is 11.8 Å². The molecule has 0 aliphatic heterocycles. The van der Waals surface area contributed by atoms with E-state index in [0.717, 1.165) is 28.0 Å². The third kappa shape index (κ3) is 3.55. The topological polar surface area (TPSA) is 25.2 Å². The van der Waals surface area contributed by atoms with Crippen LogP contribution in [0.15, 0.2) is 52.0 Å². The first kappa shape index (κ1) is 13.5. The summed E-state index contributed by atoms with van der Waals surface area (Å²) >= 11 is 7.88. The SMILES string of the molecule is CCNC(CSc1ccccc1Cl)c1ccco1. The predicted octanol–water partition coefficient (Wildman–Crippen LogP) is 4.38. The van der Waals surface area contributed by atoms with Crippen molar-refractivity contribution in [2.24, 2.45) is 0 Å². The van der Waals surface area contributed by atoms with Crippen molar-refractivity contribution in [2.75, 3.05) is 12.3 Å². The van der Waals surface area contributed by atoms with Crippen LogP contribution in [0.2, 0.25) is 5.02 Å². The van der Waals surface area contributed by atoms with Crippen LogP contribution in [0.5, 0.6) is 0 Å². The van der Waals surface area contributed by atoms with E-state index >= 15 is 0 Å². The average Bonchev–Trinajstić information content (AvgIpc) is 2.90. The van der Waals surface area contributed by atoms with Crippen LogP contribution in [0.3, 0.4) is 0 Å². The number of furan rings is 1. The molecular weight excluding hydrogens is 266 g/mol. The zero-order valence-electron chi connectivity index (χ0n) is 10.2. The molecule has 2 nitrogen and oxygen atoms in total. The molecular formula is C14H16ClNOS. The summed E-state index contributed by atoms with van der Waals surface area (Å²) in [5.74, 6) is 1.86. The molecule has 2 aromatic rings. The lowest BCUT2D eigenvalue weighted by Gasteiger charge is -2.15. The van der Waals surface area contributed by atoms with Gasteiger partial charge in [-0.3, -0.25) is 0 Å². The fraction of sp³-hybridized carbons (Fsp3) is 0.286. The Labute approximate surface area is 117 Å². The Bertz CT molecular complexity index is 472. The zero-order chi connectivity index (χ0) is 12.8. The van der Waals surface area contributed by atoms with E-state index in [1.807, 2.05) is 36.4 Å². The van der Waals surface area contributed by atoms with Gasteiger partial charge in [-0.25, -0.2) is 0 Å². The molecule has 0 bridgehead atoms. The van der Waals surface area contributed by atoms with Gasteiger partial charge in [0.15, 0.2) is 0 Å². The van der Waals surface area contributed by atoms with Gasteiger partial charge in [-0.2, -0.15) is 0 Å². The molecule has 0 aliphatic rings. The van der Waals surface area contributed by atoms with E-state index < -0.39 is 0 Å². The number of thioether (sulfide) groups is 1. The summed E-state index contributed by atoms with van der Waals surface area (Å²) < 4.78 is 5.46. The second-order valence-corrected chi connectivity index (χ2v) is 5.34. The summed E-state index contributed by atoms with van der Waals surface area (Å²) in [5, 5.41) is 4.22. The van der Waals surface area contributed by atoms with Gasteiger partial charge in [0.1, 0.15) is 5.76 Å². The van der Waals surface area contributed by atoms with Crippen LogP contribution in [0.25, 0.3) is 0 Å². The first-order chi connectivity index (χ1) is 8.81. The van der Waals surface area contributed by atoms with Crippen molar-refractivity contribution in [1.82, 2.24) is 5.32 Å². The minimum atomic E-state index is 0.214. The van der Waals surface area contributed by atoms with Crippen LogP contribution in [-0.4, -0.2) is 12.3 Å². The maximum atomic E-state index is 6.14. The normalized spacial score (nSPS) is 12.6. The Morgan fingerprint density at radius 2 is 2.11 bits per heavy atom. The quantitative estimate of drug-likeness (QED) is 0.796. The number of benzene rings is 1. The van der Waals surface area contributed by atoms with Crippen LogP contribution in [0.1, 0.15) is 18.7 Å². The molecule has 1 aromatic carbocycles. The number of nitrogens with one attached hydrogen (secondary N) is 1.